The van der Waals surface area contributed by atoms with Crippen LogP contribution in [0.3, 0.4) is 0 Å². The predicted molar refractivity (Wildman–Crippen MR) is 62.9 cm³/mol. The summed E-state index contributed by atoms with van der Waals surface area (Å²) < 4.78 is 13.7. The zero-order valence-electron chi connectivity index (χ0n) is 9.69. The molecule has 0 spiro atoms. The van der Waals surface area contributed by atoms with Gasteiger partial charge < -0.3 is 15.1 Å². The van der Waals surface area contributed by atoms with Crippen LogP contribution in [0.1, 0.15) is 23.7 Å². The first kappa shape index (κ1) is 13.4. The smallest absolute Gasteiger partial charge is 0.337 e. The van der Waals surface area contributed by atoms with Crippen molar-refractivity contribution in [3.63, 3.8) is 0 Å². The normalized spacial score (nSPS) is 10.3. The van der Waals surface area contributed by atoms with Crippen LogP contribution in [0.15, 0.2) is 18.2 Å². The van der Waals surface area contributed by atoms with Crippen molar-refractivity contribution < 1.29 is 19.4 Å². The number of nitrogens with zero attached hydrogens (tertiary/aromatic N) is 1. The summed E-state index contributed by atoms with van der Waals surface area (Å²) in [5.74, 6) is -1.75. The Morgan fingerprint density at radius 1 is 1.41 bits per heavy atom. The average molecular weight is 241 g/mol. The fourth-order valence-corrected chi connectivity index (χ4v) is 1.74. The number of carboxylic acids is 1. The van der Waals surface area contributed by atoms with Crippen molar-refractivity contribution >= 4 is 11.7 Å². The van der Waals surface area contributed by atoms with E-state index >= 15 is 0 Å². The van der Waals surface area contributed by atoms with Crippen molar-refractivity contribution in [3.8, 4) is 0 Å². The minimum absolute atomic E-state index is 0.0518. The highest BCUT2D eigenvalue weighted by Crippen LogP contribution is 2.24. The third-order valence-corrected chi connectivity index (χ3v) is 2.40. The number of anilines is 1. The maximum absolute atomic E-state index is 13.7. The molecule has 0 unspecified atom stereocenters. The third kappa shape index (κ3) is 3.17. The summed E-state index contributed by atoms with van der Waals surface area (Å²) in [7, 11) is 0. The van der Waals surface area contributed by atoms with Gasteiger partial charge in [0, 0.05) is 13.1 Å². The van der Waals surface area contributed by atoms with Crippen LogP contribution in [0, 0.1) is 5.82 Å². The lowest BCUT2D eigenvalue weighted by Crippen LogP contribution is -2.30. The molecule has 0 aliphatic heterocycles. The van der Waals surface area contributed by atoms with Crippen LogP contribution in [0.4, 0.5) is 10.1 Å². The van der Waals surface area contributed by atoms with Crippen LogP contribution in [-0.4, -0.2) is 35.9 Å². The molecule has 0 amide bonds. The molecule has 0 bridgehead atoms. The van der Waals surface area contributed by atoms with E-state index in [2.05, 4.69) is 0 Å². The molecule has 0 atom stereocenters. The number of para-hydroxylation sites is 1. The van der Waals surface area contributed by atoms with Gasteiger partial charge in [0.05, 0.1) is 17.9 Å². The molecule has 2 N–H and O–H groups in total. The maximum Gasteiger partial charge on any atom is 0.337 e. The molecule has 0 saturated carbocycles. The Balaban J connectivity index is 3.19. The van der Waals surface area contributed by atoms with Gasteiger partial charge in [0.1, 0.15) is 5.82 Å². The van der Waals surface area contributed by atoms with Crippen LogP contribution in [0.2, 0.25) is 0 Å². The lowest BCUT2D eigenvalue weighted by atomic mass is 10.1. The van der Waals surface area contributed by atoms with Gasteiger partial charge in [-0.2, -0.15) is 0 Å². The number of carboxylic acid groups (broad SMARTS) is 1. The zero-order chi connectivity index (χ0) is 12.8. The quantitative estimate of drug-likeness (QED) is 0.796. The maximum atomic E-state index is 13.7. The van der Waals surface area contributed by atoms with Crippen LogP contribution in [0.25, 0.3) is 0 Å². The molecular weight excluding hydrogens is 225 g/mol. The lowest BCUT2D eigenvalue weighted by Gasteiger charge is -2.25. The topological polar surface area (TPSA) is 60.8 Å². The highest BCUT2D eigenvalue weighted by Gasteiger charge is 2.19. The van der Waals surface area contributed by atoms with Crippen molar-refractivity contribution in [2.45, 2.75) is 13.3 Å². The Labute approximate surface area is 99.3 Å². The Bertz CT molecular complexity index is 389. The van der Waals surface area contributed by atoms with Crippen molar-refractivity contribution in [1.29, 1.82) is 0 Å². The molecule has 5 heteroatoms. The molecule has 17 heavy (non-hydrogen) atoms. The Kier molecular flexibility index (Phi) is 4.90. The molecule has 0 aromatic heterocycles. The third-order valence-electron chi connectivity index (χ3n) is 2.40. The number of aromatic carboxylic acids is 1. The molecule has 1 rings (SSSR count). The fourth-order valence-electron chi connectivity index (χ4n) is 1.74. The molecular formula is C12H16FNO3. The summed E-state index contributed by atoms with van der Waals surface area (Å²) in [6.07, 6.45) is 0.743. The second-order valence-electron chi connectivity index (χ2n) is 3.65. The largest absolute Gasteiger partial charge is 0.478 e. The first-order chi connectivity index (χ1) is 8.11. The predicted octanol–water partition coefficient (Wildman–Crippen LogP) is 1.73. The van der Waals surface area contributed by atoms with Gasteiger partial charge in [-0.25, -0.2) is 9.18 Å². The number of aliphatic hydroxyl groups excluding tert-OH is 1. The molecule has 4 nitrogen and oxygen atoms in total. The molecule has 0 heterocycles. The van der Waals surface area contributed by atoms with E-state index in [1.807, 2.05) is 6.92 Å². The number of hydrogen-bond donors (Lipinski definition) is 2. The van der Waals surface area contributed by atoms with Gasteiger partial charge >= 0.3 is 5.97 Å². The van der Waals surface area contributed by atoms with Gasteiger partial charge in [-0.3, -0.25) is 0 Å². The summed E-state index contributed by atoms with van der Waals surface area (Å²) >= 11 is 0. The van der Waals surface area contributed by atoms with Gasteiger partial charge in [0.15, 0.2) is 0 Å². The van der Waals surface area contributed by atoms with Crippen LogP contribution in [-0.2, 0) is 0 Å². The fraction of sp³-hybridized carbons (Fsp3) is 0.417. The Morgan fingerprint density at radius 3 is 2.65 bits per heavy atom. The first-order valence-electron chi connectivity index (χ1n) is 5.49. The van der Waals surface area contributed by atoms with E-state index in [9.17, 15) is 9.18 Å². The van der Waals surface area contributed by atoms with Crippen LogP contribution in [0.5, 0.6) is 0 Å². The number of benzene rings is 1. The lowest BCUT2D eigenvalue weighted by molar-refractivity contribution is 0.0697. The Hall–Kier alpha value is -1.62. The van der Waals surface area contributed by atoms with Gasteiger partial charge in [-0.1, -0.05) is 13.0 Å². The molecule has 0 aliphatic rings. The standard InChI is InChI=1S/C12H16FNO3/c1-2-6-14(7-8-15)11-9(12(16)17)4-3-5-10(11)13/h3-5,15H,2,6-8H2,1H3,(H,16,17). The van der Waals surface area contributed by atoms with Gasteiger partial charge in [0.2, 0.25) is 0 Å². The SMILES string of the molecule is CCCN(CCO)c1c(F)cccc1C(=O)O. The van der Waals surface area contributed by atoms with E-state index in [1.54, 1.807) is 4.90 Å². The van der Waals surface area contributed by atoms with Gasteiger partial charge in [-0.15, -0.1) is 0 Å². The molecule has 0 saturated heterocycles. The summed E-state index contributed by atoms with van der Waals surface area (Å²) in [5.41, 5.74) is -0.0252. The van der Waals surface area contributed by atoms with E-state index in [0.29, 0.717) is 6.54 Å². The number of hydrogen-bond acceptors (Lipinski definition) is 3. The molecule has 0 radical (unpaired) electrons. The molecule has 1 aromatic rings. The van der Waals surface area contributed by atoms with E-state index in [4.69, 9.17) is 10.2 Å². The van der Waals surface area contributed by atoms with Crippen molar-refractivity contribution in [2.75, 3.05) is 24.6 Å². The van der Waals surface area contributed by atoms with E-state index < -0.39 is 11.8 Å². The summed E-state index contributed by atoms with van der Waals surface area (Å²) in [6.45, 7) is 2.48. The number of halogens is 1. The van der Waals surface area contributed by atoms with Crippen molar-refractivity contribution in [2.24, 2.45) is 0 Å². The van der Waals surface area contributed by atoms with Crippen molar-refractivity contribution in [1.82, 2.24) is 0 Å². The van der Waals surface area contributed by atoms with E-state index in [1.165, 1.54) is 18.2 Å². The van der Waals surface area contributed by atoms with Crippen LogP contribution < -0.4 is 4.90 Å². The molecule has 1 aromatic carbocycles. The number of rotatable bonds is 6. The molecule has 0 aliphatic carbocycles. The first-order valence-corrected chi connectivity index (χ1v) is 5.49. The van der Waals surface area contributed by atoms with E-state index in [-0.39, 0.29) is 24.4 Å². The zero-order valence-corrected chi connectivity index (χ0v) is 9.69. The van der Waals surface area contributed by atoms with Crippen LogP contribution >= 0.6 is 0 Å². The second kappa shape index (κ2) is 6.20. The summed E-state index contributed by atoms with van der Waals surface area (Å²) in [6, 6.07) is 3.95. The highest BCUT2D eigenvalue weighted by molar-refractivity contribution is 5.94. The second-order valence-corrected chi connectivity index (χ2v) is 3.65. The van der Waals surface area contributed by atoms with E-state index in [0.717, 1.165) is 6.42 Å². The van der Waals surface area contributed by atoms with Crippen molar-refractivity contribution in [3.05, 3.63) is 29.6 Å². The minimum Gasteiger partial charge on any atom is -0.478 e. The number of aliphatic hydroxyl groups is 1. The minimum atomic E-state index is -1.17. The Morgan fingerprint density at radius 2 is 2.12 bits per heavy atom. The summed E-state index contributed by atoms with van der Waals surface area (Å²) in [5, 5.41) is 18.0. The molecule has 0 fully saturated rings. The highest BCUT2D eigenvalue weighted by atomic mass is 19.1. The summed E-state index contributed by atoms with van der Waals surface area (Å²) in [4.78, 5) is 12.6. The average Bonchev–Trinajstić information content (AvgIpc) is 2.28. The van der Waals surface area contributed by atoms with Gasteiger partial charge in [0.25, 0.3) is 0 Å². The number of carbonyl (C=O) groups is 1. The molecule has 94 valence electrons. The van der Waals surface area contributed by atoms with Gasteiger partial charge in [-0.05, 0) is 18.6 Å². The monoisotopic (exact) mass is 241 g/mol.